The van der Waals surface area contributed by atoms with Crippen molar-refractivity contribution in [1.29, 1.82) is 0 Å². The van der Waals surface area contributed by atoms with Crippen LogP contribution in [0.4, 0.5) is 10.1 Å². The lowest BCUT2D eigenvalue weighted by Gasteiger charge is -2.15. The fourth-order valence-corrected chi connectivity index (χ4v) is 1.35. The number of anilines is 1. The number of carbonyl (C=O) groups excluding carboxylic acids is 1. The first-order valence-electron chi connectivity index (χ1n) is 4.48. The van der Waals surface area contributed by atoms with Gasteiger partial charge in [-0.1, -0.05) is 0 Å². The van der Waals surface area contributed by atoms with Crippen LogP contribution in [-0.2, 0) is 4.79 Å². The number of halogens is 1. The second-order valence-electron chi connectivity index (χ2n) is 3.14. The van der Waals surface area contributed by atoms with E-state index in [2.05, 4.69) is 5.32 Å². The van der Waals surface area contributed by atoms with Crippen molar-refractivity contribution in [3.05, 3.63) is 24.0 Å². The van der Waals surface area contributed by atoms with Gasteiger partial charge in [0.1, 0.15) is 11.6 Å². The minimum Gasteiger partial charge on any atom is -0.491 e. The van der Waals surface area contributed by atoms with E-state index >= 15 is 0 Å². The highest BCUT2D eigenvalue weighted by Gasteiger charge is 2.12. The Balaban J connectivity index is 2.34. The molecule has 0 radical (unpaired) electrons. The van der Waals surface area contributed by atoms with Crippen molar-refractivity contribution in [2.24, 2.45) is 0 Å². The molecule has 0 bridgehead atoms. The van der Waals surface area contributed by atoms with Gasteiger partial charge >= 0.3 is 0 Å². The van der Waals surface area contributed by atoms with Gasteiger partial charge in [0.2, 0.25) is 5.91 Å². The van der Waals surface area contributed by atoms with Crippen LogP contribution in [-0.4, -0.2) is 12.5 Å². The lowest BCUT2D eigenvalue weighted by Crippen LogP contribution is -2.16. The molecule has 1 heterocycles. The summed E-state index contributed by atoms with van der Waals surface area (Å²) >= 11 is 0. The monoisotopic (exact) mass is 195 g/mol. The topological polar surface area (TPSA) is 38.3 Å². The van der Waals surface area contributed by atoms with Crippen molar-refractivity contribution >= 4 is 11.6 Å². The third kappa shape index (κ3) is 1.84. The van der Waals surface area contributed by atoms with E-state index in [1.807, 2.05) is 0 Å². The number of hydrogen-bond acceptors (Lipinski definition) is 2. The lowest BCUT2D eigenvalue weighted by atomic mass is 10.2. The van der Waals surface area contributed by atoms with Gasteiger partial charge < -0.3 is 10.1 Å². The minimum absolute atomic E-state index is 0.0545. The Hall–Kier alpha value is -1.58. The summed E-state index contributed by atoms with van der Waals surface area (Å²) in [7, 11) is 0. The summed E-state index contributed by atoms with van der Waals surface area (Å²) in [5.74, 6) is -0.0159. The van der Waals surface area contributed by atoms with Crippen LogP contribution in [0, 0.1) is 5.82 Å². The molecule has 4 heteroatoms. The first-order chi connectivity index (χ1) is 6.75. The van der Waals surface area contributed by atoms with Crippen LogP contribution >= 0.6 is 0 Å². The highest BCUT2D eigenvalue weighted by Crippen LogP contribution is 2.27. The zero-order valence-electron chi connectivity index (χ0n) is 7.55. The molecule has 0 saturated carbocycles. The van der Waals surface area contributed by atoms with Gasteiger partial charge in [-0.25, -0.2) is 4.39 Å². The van der Waals surface area contributed by atoms with E-state index < -0.39 is 0 Å². The van der Waals surface area contributed by atoms with Gasteiger partial charge in [-0.2, -0.15) is 0 Å². The first-order valence-corrected chi connectivity index (χ1v) is 4.48. The Morgan fingerprint density at radius 3 is 3.14 bits per heavy atom. The predicted molar refractivity (Wildman–Crippen MR) is 49.8 cm³/mol. The van der Waals surface area contributed by atoms with Gasteiger partial charge in [0.05, 0.1) is 12.3 Å². The number of rotatable bonds is 0. The molecule has 0 saturated heterocycles. The van der Waals surface area contributed by atoms with E-state index in [1.165, 1.54) is 18.2 Å². The maximum absolute atomic E-state index is 12.8. The maximum Gasteiger partial charge on any atom is 0.224 e. The number of ether oxygens (including phenoxy) is 1. The molecule has 0 spiro atoms. The highest BCUT2D eigenvalue weighted by molar-refractivity contribution is 5.92. The lowest BCUT2D eigenvalue weighted by molar-refractivity contribution is -0.116. The molecule has 1 aliphatic heterocycles. The fraction of sp³-hybridized carbons (Fsp3) is 0.300. The van der Waals surface area contributed by atoms with Crippen molar-refractivity contribution < 1.29 is 13.9 Å². The molecule has 74 valence electrons. The van der Waals surface area contributed by atoms with E-state index in [9.17, 15) is 9.18 Å². The average molecular weight is 195 g/mol. The van der Waals surface area contributed by atoms with E-state index in [1.54, 1.807) is 0 Å². The van der Waals surface area contributed by atoms with Gasteiger partial charge in [-0.15, -0.1) is 0 Å². The second-order valence-corrected chi connectivity index (χ2v) is 3.14. The van der Waals surface area contributed by atoms with Crippen molar-refractivity contribution in [2.75, 3.05) is 11.9 Å². The predicted octanol–water partition coefficient (Wildman–Crippen LogP) is 1.94. The Bertz CT molecular complexity index is 365. The summed E-state index contributed by atoms with van der Waals surface area (Å²) in [6.07, 6.45) is 1.10. The number of fused-ring (bicyclic) bond motifs is 1. The molecule has 0 fully saturated rings. The van der Waals surface area contributed by atoms with Crippen LogP contribution in [0.3, 0.4) is 0 Å². The number of hydrogen-bond donors (Lipinski definition) is 1. The van der Waals surface area contributed by atoms with Crippen molar-refractivity contribution in [1.82, 2.24) is 0 Å². The molecule has 0 aromatic heterocycles. The zero-order chi connectivity index (χ0) is 9.97. The summed E-state index contributed by atoms with van der Waals surface area (Å²) in [6.45, 7) is 0.448. The number of benzene rings is 1. The maximum atomic E-state index is 12.8. The molecule has 2 rings (SSSR count). The third-order valence-corrected chi connectivity index (χ3v) is 2.02. The summed E-state index contributed by atoms with van der Waals surface area (Å²) in [6, 6.07) is 4.08. The fourth-order valence-electron chi connectivity index (χ4n) is 1.35. The Labute approximate surface area is 80.9 Å². The van der Waals surface area contributed by atoms with Gasteiger partial charge in [0.15, 0.2) is 0 Å². The van der Waals surface area contributed by atoms with E-state index in [0.29, 0.717) is 30.9 Å². The molecule has 0 unspecified atom stereocenters. The van der Waals surface area contributed by atoms with E-state index in [-0.39, 0.29) is 11.7 Å². The minimum atomic E-state index is -0.362. The van der Waals surface area contributed by atoms with E-state index in [4.69, 9.17) is 4.74 Å². The molecule has 14 heavy (non-hydrogen) atoms. The standard InChI is InChI=1S/C10H10FNO2/c11-7-3-4-8-9(6-7)14-5-1-2-10(13)12-8/h3-4,6H,1-2,5H2,(H,12,13). The molecule has 1 aromatic carbocycles. The van der Waals surface area contributed by atoms with Crippen LogP contribution in [0.25, 0.3) is 0 Å². The molecule has 1 aliphatic rings. The van der Waals surface area contributed by atoms with Gasteiger partial charge in [-0.05, 0) is 18.6 Å². The molecule has 0 atom stereocenters. The first kappa shape index (κ1) is 8.99. The van der Waals surface area contributed by atoms with Crippen molar-refractivity contribution in [3.63, 3.8) is 0 Å². The Morgan fingerprint density at radius 1 is 1.43 bits per heavy atom. The summed E-state index contributed by atoms with van der Waals surface area (Å²) in [5, 5.41) is 2.66. The third-order valence-electron chi connectivity index (χ3n) is 2.02. The van der Waals surface area contributed by atoms with Crippen LogP contribution in [0.1, 0.15) is 12.8 Å². The molecular formula is C10H10FNO2. The molecule has 1 N–H and O–H groups in total. The SMILES string of the molecule is O=C1CCCOc2cc(F)ccc2N1. The van der Waals surface area contributed by atoms with Crippen LogP contribution < -0.4 is 10.1 Å². The highest BCUT2D eigenvalue weighted by atomic mass is 19.1. The van der Waals surface area contributed by atoms with Gasteiger partial charge in [0, 0.05) is 12.5 Å². The van der Waals surface area contributed by atoms with Crippen molar-refractivity contribution in [3.8, 4) is 5.75 Å². The van der Waals surface area contributed by atoms with Crippen molar-refractivity contribution in [2.45, 2.75) is 12.8 Å². The number of carbonyl (C=O) groups is 1. The molecule has 1 amide bonds. The van der Waals surface area contributed by atoms with E-state index in [0.717, 1.165) is 0 Å². The Morgan fingerprint density at radius 2 is 2.29 bits per heavy atom. The molecule has 1 aromatic rings. The summed E-state index contributed by atoms with van der Waals surface area (Å²) in [4.78, 5) is 11.2. The smallest absolute Gasteiger partial charge is 0.224 e. The molecular weight excluding hydrogens is 185 g/mol. The van der Waals surface area contributed by atoms with Gasteiger partial charge in [0.25, 0.3) is 0 Å². The number of amides is 1. The normalized spacial score (nSPS) is 15.9. The van der Waals surface area contributed by atoms with Gasteiger partial charge in [-0.3, -0.25) is 4.79 Å². The average Bonchev–Trinajstić information content (AvgIpc) is 2.13. The van der Waals surface area contributed by atoms with Crippen LogP contribution in [0.2, 0.25) is 0 Å². The second kappa shape index (κ2) is 3.65. The number of nitrogens with one attached hydrogen (secondary N) is 1. The van der Waals surface area contributed by atoms with Crippen LogP contribution in [0.5, 0.6) is 5.75 Å². The molecule has 0 aliphatic carbocycles. The summed E-state index contributed by atoms with van der Waals surface area (Å²) in [5.41, 5.74) is 0.538. The Kier molecular flexibility index (Phi) is 2.35. The largest absolute Gasteiger partial charge is 0.491 e. The summed E-state index contributed by atoms with van der Waals surface area (Å²) < 4.78 is 18.1. The zero-order valence-corrected chi connectivity index (χ0v) is 7.55. The quantitative estimate of drug-likeness (QED) is 0.687. The van der Waals surface area contributed by atoms with Crippen LogP contribution in [0.15, 0.2) is 18.2 Å². The molecule has 3 nitrogen and oxygen atoms in total.